The molecule has 3 rings (SSSR count). The molecule has 0 aliphatic carbocycles. The summed E-state index contributed by atoms with van der Waals surface area (Å²) < 4.78 is 11.7. The Bertz CT molecular complexity index is 798. The summed E-state index contributed by atoms with van der Waals surface area (Å²) in [5.74, 6) is 0.136. The largest absolute Gasteiger partial charge is 0.482 e. The van der Waals surface area contributed by atoms with E-state index in [0.29, 0.717) is 21.5 Å². The molecule has 0 spiro atoms. The van der Waals surface area contributed by atoms with Crippen molar-refractivity contribution in [2.45, 2.75) is 0 Å². The van der Waals surface area contributed by atoms with Crippen molar-refractivity contribution < 1.29 is 14.3 Å². The van der Waals surface area contributed by atoms with Crippen molar-refractivity contribution in [2.75, 3.05) is 43.1 Å². The van der Waals surface area contributed by atoms with Gasteiger partial charge in [-0.1, -0.05) is 23.2 Å². The van der Waals surface area contributed by atoms with Crippen LogP contribution in [-0.4, -0.2) is 38.8 Å². The molecule has 26 heavy (non-hydrogen) atoms. The Morgan fingerprint density at radius 2 is 1.96 bits per heavy atom. The zero-order valence-corrected chi connectivity index (χ0v) is 16.9. The second kappa shape index (κ2) is 8.95. The van der Waals surface area contributed by atoms with Crippen molar-refractivity contribution in [3.05, 3.63) is 50.9 Å². The van der Waals surface area contributed by atoms with Gasteiger partial charge in [-0.3, -0.25) is 4.79 Å². The van der Waals surface area contributed by atoms with Gasteiger partial charge in [-0.2, -0.15) is 0 Å². The van der Waals surface area contributed by atoms with Gasteiger partial charge < -0.3 is 19.7 Å². The van der Waals surface area contributed by atoms with Crippen LogP contribution < -0.4 is 15.0 Å². The average Bonchev–Trinajstić information content (AvgIpc) is 2.62. The summed E-state index contributed by atoms with van der Waals surface area (Å²) in [5, 5.41) is 3.68. The lowest BCUT2D eigenvalue weighted by Crippen LogP contribution is -2.36. The molecule has 0 radical (unpaired) electrons. The molecule has 1 aliphatic heterocycles. The van der Waals surface area contributed by atoms with E-state index in [1.54, 1.807) is 18.2 Å². The molecule has 0 saturated carbocycles. The lowest BCUT2D eigenvalue weighted by molar-refractivity contribution is -0.118. The summed E-state index contributed by atoms with van der Waals surface area (Å²) in [4.78, 5) is 14.4. The Labute approximate surface area is 170 Å². The van der Waals surface area contributed by atoms with E-state index in [0.717, 1.165) is 36.5 Å². The number of morpholine rings is 1. The maximum atomic E-state index is 12.1. The monoisotopic (exact) mass is 458 g/mol. The minimum absolute atomic E-state index is 0.149. The van der Waals surface area contributed by atoms with Crippen LogP contribution in [0.4, 0.5) is 11.4 Å². The third-order valence-electron chi connectivity index (χ3n) is 3.84. The van der Waals surface area contributed by atoms with Gasteiger partial charge in [-0.25, -0.2) is 0 Å². The zero-order chi connectivity index (χ0) is 18.5. The van der Waals surface area contributed by atoms with Crippen LogP contribution in [0.2, 0.25) is 10.0 Å². The van der Waals surface area contributed by atoms with Crippen molar-refractivity contribution in [3.8, 4) is 5.75 Å². The molecule has 1 aliphatic rings. The summed E-state index contributed by atoms with van der Waals surface area (Å²) in [6.07, 6.45) is 0. The first-order valence-corrected chi connectivity index (χ1v) is 9.58. The fourth-order valence-electron chi connectivity index (χ4n) is 2.58. The molecule has 1 amide bonds. The van der Waals surface area contributed by atoms with Crippen LogP contribution in [0.1, 0.15) is 0 Å². The Hall–Kier alpha value is -1.47. The molecule has 2 aromatic rings. The molecule has 8 heteroatoms. The summed E-state index contributed by atoms with van der Waals surface area (Å²) in [7, 11) is 0. The number of amides is 1. The molecule has 0 atom stereocenters. The first kappa shape index (κ1) is 19.3. The number of benzene rings is 2. The summed E-state index contributed by atoms with van der Waals surface area (Å²) in [6, 6.07) is 10.6. The molecule has 0 aromatic heterocycles. The van der Waals surface area contributed by atoms with Crippen LogP contribution in [0.5, 0.6) is 5.75 Å². The molecule has 2 aromatic carbocycles. The smallest absolute Gasteiger partial charge is 0.262 e. The fraction of sp³-hybridized carbons (Fsp3) is 0.278. The zero-order valence-electron chi connectivity index (χ0n) is 13.8. The van der Waals surface area contributed by atoms with Gasteiger partial charge in [0.2, 0.25) is 0 Å². The highest BCUT2D eigenvalue weighted by Crippen LogP contribution is 2.30. The first-order valence-electron chi connectivity index (χ1n) is 8.03. The Morgan fingerprint density at radius 3 is 2.65 bits per heavy atom. The van der Waals surface area contributed by atoms with Crippen LogP contribution >= 0.6 is 39.1 Å². The molecule has 0 bridgehead atoms. The van der Waals surface area contributed by atoms with Gasteiger partial charge in [-0.15, -0.1) is 0 Å². The van der Waals surface area contributed by atoms with E-state index in [1.165, 1.54) is 0 Å². The number of halogens is 3. The van der Waals surface area contributed by atoms with E-state index in [2.05, 4.69) is 26.1 Å². The third kappa shape index (κ3) is 5.04. The SMILES string of the molecule is O=C(COc1ccc(Cl)cc1Cl)Nc1ccc(N2CCOCC2)c(Br)c1. The number of hydrogen-bond acceptors (Lipinski definition) is 4. The molecular formula is C18H17BrCl2N2O3. The van der Waals surface area contributed by atoms with E-state index in [1.807, 2.05) is 18.2 Å². The topological polar surface area (TPSA) is 50.8 Å². The highest BCUT2D eigenvalue weighted by molar-refractivity contribution is 9.10. The third-order valence-corrected chi connectivity index (χ3v) is 5.00. The predicted molar refractivity (Wildman–Crippen MR) is 108 cm³/mol. The van der Waals surface area contributed by atoms with Crippen LogP contribution in [0.25, 0.3) is 0 Å². The van der Waals surface area contributed by atoms with Crippen LogP contribution in [0.3, 0.4) is 0 Å². The number of carbonyl (C=O) groups excluding carboxylic acids is 1. The van der Waals surface area contributed by atoms with Gasteiger partial charge in [-0.05, 0) is 52.3 Å². The number of nitrogens with zero attached hydrogens (tertiary/aromatic N) is 1. The van der Waals surface area contributed by atoms with E-state index in [4.69, 9.17) is 32.7 Å². The van der Waals surface area contributed by atoms with E-state index >= 15 is 0 Å². The highest BCUT2D eigenvalue weighted by Gasteiger charge is 2.15. The number of nitrogens with one attached hydrogen (secondary N) is 1. The molecule has 5 nitrogen and oxygen atoms in total. The molecule has 1 saturated heterocycles. The minimum Gasteiger partial charge on any atom is -0.482 e. The van der Waals surface area contributed by atoms with Crippen LogP contribution in [0, 0.1) is 0 Å². The molecule has 1 N–H and O–H groups in total. The van der Waals surface area contributed by atoms with Crippen molar-refractivity contribution in [1.82, 2.24) is 0 Å². The second-order valence-electron chi connectivity index (χ2n) is 5.68. The molecule has 1 fully saturated rings. The predicted octanol–water partition coefficient (Wildman–Crippen LogP) is 4.61. The standard InChI is InChI=1S/C18H17BrCl2N2O3/c19-14-10-13(2-3-16(14)23-5-7-25-8-6-23)22-18(24)11-26-17-4-1-12(20)9-15(17)21/h1-4,9-10H,5-8,11H2,(H,22,24). The number of rotatable bonds is 5. The highest BCUT2D eigenvalue weighted by atomic mass is 79.9. The Morgan fingerprint density at radius 1 is 1.19 bits per heavy atom. The van der Waals surface area contributed by atoms with Gasteiger partial charge >= 0.3 is 0 Å². The van der Waals surface area contributed by atoms with Crippen molar-refractivity contribution in [3.63, 3.8) is 0 Å². The molecule has 1 heterocycles. The van der Waals surface area contributed by atoms with Crippen LogP contribution in [-0.2, 0) is 9.53 Å². The number of anilines is 2. The fourth-order valence-corrected chi connectivity index (χ4v) is 3.67. The minimum atomic E-state index is -0.276. The number of hydrogen-bond donors (Lipinski definition) is 1. The van der Waals surface area contributed by atoms with E-state index in [-0.39, 0.29) is 12.5 Å². The van der Waals surface area contributed by atoms with Gasteiger partial charge in [0.15, 0.2) is 6.61 Å². The van der Waals surface area contributed by atoms with Gasteiger partial charge in [0, 0.05) is 28.3 Å². The van der Waals surface area contributed by atoms with Crippen molar-refractivity contribution >= 4 is 56.4 Å². The Balaban J connectivity index is 1.57. The first-order chi connectivity index (χ1) is 12.5. The van der Waals surface area contributed by atoms with Crippen LogP contribution in [0.15, 0.2) is 40.9 Å². The van der Waals surface area contributed by atoms with E-state index in [9.17, 15) is 4.79 Å². The van der Waals surface area contributed by atoms with Gasteiger partial charge in [0.05, 0.1) is 23.9 Å². The molecule has 0 unspecified atom stereocenters. The average molecular weight is 460 g/mol. The summed E-state index contributed by atoms with van der Waals surface area (Å²) in [6.45, 7) is 2.98. The summed E-state index contributed by atoms with van der Waals surface area (Å²) in [5.41, 5.74) is 1.76. The second-order valence-corrected chi connectivity index (χ2v) is 7.38. The number of carbonyl (C=O) groups is 1. The van der Waals surface area contributed by atoms with Gasteiger partial charge in [0.25, 0.3) is 5.91 Å². The lowest BCUT2D eigenvalue weighted by atomic mass is 10.2. The number of ether oxygens (including phenoxy) is 2. The summed E-state index contributed by atoms with van der Waals surface area (Å²) >= 11 is 15.4. The maximum Gasteiger partial charge on any atom is 0.262 e. The lowest BCUT2D eigenvalue weighted by Gasteiger charge is -2.29. The van der Waals surface area contributed by atoms with Crippen molar-refractivity contribution in [2.24, 2.45) is 0 Å². The molecule has 138 valence electrons. The molecular weight excluding hydrogens is 443 g/mol. The quantitative estimate of drug-likeness (QED) is 0.709. The normalized spacial score (nSPS) is 14.2. The van der Waals surface area contributed by atoms with E-state index < -0.39 is 0 Å². The van der Waals surface area contributed by atoms with Gasteiger partial charge in [0.1, 0.15) is 5.75 Å². The van der Waals surface area contributed by atoms with Crippen molar-refractivity contribution in [1.29, 1.82) is 0 Å². The Kier molecular flexibility index (Phi) is 6.64. The maximum absolute atomic E-state index is 12.1.